The quantitative estimate of drug-likeness (QED) is 0.571. The highest BCUT2D eigenvalue weighted by atomic mass is 16.7. The molecule has 0 bridgehead atoms. The Bertz CT molecular complexity index is 95.6. The molecule has 2 unspecified atom stereocenters. The average molecular weight is 159 g/mol. The molecule has 2 atom stereocenters. The van der Waals surface area contributed by atoms with Crippen molar-refractivity contribution in [2.75, 3.05) is 7.05 Å². The lowest BCUT2D eigenvalue weighted by molar-refractivity contribution is -0.197. The maximum absolute atomic E-state index is 5.59. The molecule has 11 heavy (non-hydrogen) atoms. The van der Waals surface area contributed by atoms with Crippen LogP contribution in [0, 0.1) is 0 Å². The van der Waals surface area contributed by atoms with E-state index in [-0.39, 0.29) is 0 Å². The first-order valence-electron chi connectivity index (χ1n) is 4.51. The van der Waals surface area contributed by atoms with E-state index in [9.17, 15) is 0 Å². The topological polar surface area (TPSA) is 12.5 Å². The van der Waals surface area contributed by atoms with Gasteiger partial charge >= 0.3 is 0 Å². The van der Waals surface area contributed by atoms with Crippen LogP contribution in [0.15, 0.2) is 0 Å². The maximum Gasteiger partial charge on any atom is 0.0762 e. The molecule has 0 rings (SSSR count). The van der Waals surface area contributed by atoms with E-state index < -0.39 is 0 Å². The number of rotatable bonds is 5. The van der Waals surface area contributed by atoms with Gasteiger partial charge in [0.1, 0.15) is 0 Å². The number of nitrogens with zero attached hydrogens (tertiary/aromatic N) is 1. The lowest BCUT2D eigenvalue weighted by atomic mass is 10.3. The third-order valence-electron chi connectivity index (χ3n) is 2.13. The molecule has 0 aromatic carbocycles. The molecular formula is C9H21NO. The zero-order valence-electron chi connectivity index (χ0n) is 8.42. The molecular weight excluding hydrogens is 138 g/mol. The molecule has 0 saturated carbocycles. The third-order valence-corrected chi connectivity index (χ3v) is 2.13. The molecule has 0 saturated heterocycles. The zero-order chi connectivity index (χ0) is 8.85. The number of hydroxylamine groups is 2. The third kappa shape index (κ3) is 4.38. The Kier molecular flexibility index (Phi) is 5.51. The predicted octanol–water partition coefficient (Wildman–Crippen LogP) is 2.45. The van der Waals surface area contributed by atoms with Crippen molar-refractivity contribution in [2.45, 2.75) is 52.7 Å². The van der Waals surface area contributed by atoms with Gasteiger partial charge in [0.25, 0.3) is 0 Å². The van der Waals surface area contributed by atoms with E-state index in [0.717, 1.165) is 12.8 Å². The van der Waals surface area contributed by atoms with Crippen LogP contribution < -0.4 is 0 Å². The molecule has 0 aliphatic rings. The fourth-order valence-corrected chi connectivity index (χ4v) is 0.719. The smallest absolute Gasteiger partial charge is 0.0762 e. The standard InChI is InChI=1S/C9H21NO/c1-6-8(3)10(5)11-9(4)7-2/h8-9H,6-7H2,1-5H3. The van der Waals surface area contributed by atoms with Gasteiger partial charge in [-0.05, 0) is 26.7 Å². The lowest BCUT2D eigenvalue weighted by Gasteiger charge is -2.25. The fraction of sp³-hybridized carbons (Fsp3) is 1.00. The zero-order valence-corrected chi connectivity index (χ0v) is 8.42. The Morgan fingerprint density at radius 1 is 1.18 bits per heavy atom. The van der Waals surface area contributed by atoms with Gasteiger partial charge in [-0.25, -0.2) is 0 Å². The molecule has 0 radical (unpaired) electrons. The van der Waals surface area contributed by atoms with Gasteiger partial charge in [0.2, 0.25) is 0 Å². The van der Waals surface area contributed by atoms with Crippen molar-refractivity contribution in [1.82, 2.24) is 5.06 Å². The SMILES string of the molecule is CCC(C)ON(C)C(C)CC. The highest BCUT2D eigenvalue weighted by Gasteiger charge is 2.09. The molecule has 0 amide bonds. The number of hydrogen-bond donors (Lipinski definition) is 0. The van der Waals surface area contributed by atoms with Crippen molar-refractivity contribution in [1.29, 1.82) is 0 Å². The molecule has 0 aliphatic heterocycles. The van der Waals surface area contributed by atoms with Crippen LogP contribution in [0.25, 0.3) is 0 Å². The summed E-state index contributed by atoms with van der Waals surface area (Å²) in [5.74, 6) is 0. The second kappa shape index (κ2) is 5.56. The summed E-state index contributed by atoms with van der Waals surface area (Å²) in [5.41, 5.74) is 0. The Hall–Kier alpha value is -0.0800. The number of hydrogen-bond acceptors (Lipinski definition) is 2. The van der Waals surface area contributed by atoms with Crippen molar-refractivity contribution in [2.24, 2.45) is 0 Å². The summed E-state index contributed by atoms with van der Waals surface area (Å²) in [6.45, 7) is 8.57. The minimum absolute atomic E-state index is 0.342. The predicted molar refractivity (Wildman–Crippen MR) is 48.4 cm³/mol. The van der Waals surface area contributed by atoms with E-state index in [1.807, 2.05) is 12.1 Å². The van der Waals surface area contributed by atoms with E-state index in [1.165, 1.54) is 0 Å². The van der Waals surface area contributed by atoms with Crippen LogP contribution in [0.2, 0.25) is 0 Å². The van der Waals surface area contributed by atoms with Gasteiger partial charge in [0.15, 0.2) is 0 Å². The van der Waals surface area contributed by atoms with Crippen LogP contribution in [0.1, 0.15) is 40.5 Å². The Labute approximate surface area is 70.5 Å². The van der Waals surface area contributed by atoms with Gasteiger partial charge in [-0.15, -0.1) is 0 Å². The second-order valence-corrected chi connectivity index (χ2v) is 3.13. The van der Waals surface area contributed by atoms with Crippen molar-refractivity contribution >= 4 is 0 Å². The summed E-state index contributed by atoms with van der Waals surface area (Å²) in [5, 5.41) is 1.95. The van der Waals surface area contributed by atoms with Crippen molar-refractivity contribution in [3.05, 3.63) is 0 Å². The molecule has 0 spiro atoms. The lowest BCUT2D eigenvalue weighted by Crippen LogP contribution is -2.31. The summed E-state index contributed by atoms with van der Waals surface area (Å²) < 4.78 is 0. The van der Waals surface area contributed by atoms with Crippen LogP contribution in [0.4, 0.5) is 0 Å². The highest BCUT2D eigenvalue weighted by molar-refractivity contribution is 4.53. The molecule has 0 aromatic rings. The summed E-state index contributed by atoms with van der Waals surface area (Å²) in [6, 6.07) is 0.518. The first kappa shape index (κ1) is 10.9. The summed E-state index contributed by atoms with van der Waals surface area (Å²) >= 11 is 0. The normalized spacial score (nSPS) is 16.9. The second-order valence-electron chi connectivity index (χ2n) is 3.13. The Morgan fingerprint density at radius 2 is 1.73 bits per heavy atom. The van der Waals surface area contributed by atoms with E-state index in [1.54, 1.807) is 0 Å². The maximum atomic E-state index is 5.59. The average Bonchev–Trinajstić information content (AvgIpc) is 2.02. The molecule has 0 aromatic heterocycles. The highest BCUT2D eigenvalue weighted by Crippen LogP contribution is 2.05. The van der Waals surface area contributed by atoms with E-state index in [4.69, 9.17) is 4.84 Å². The van der Waals surface area contributed by atoms with Crippen LogP contribution in [0.3, 0.4) is 0 Å². The Balaban J connectivity index is 3.58. The molecule has 0 fully saturated rings. The molecule has 0 heterocycles. The monoisotopic (exact) mass is 159 g/mol. The summed E-state index contributed by atoms with van der Waals surface area (Å²) in [7, 11) is 2.00. The van der Waals surface area contributed by atoms with Crippen LogP contribution >= 0.6 is 0 Å². The van der Waals surface area contributed by atoms with Gasteiger partial charge in [-0.1, -0.05) is 13.8 Å². The summed E-state index contributed by atoms with van der Waals surface area (Å²) in [4.78, 5) is 5.59. The van der Waals surface area contributed by atoms with Crippen LogP contribution in [-0.4, -0.2) is 24.3 Å². The fourth-order valence-electron chi connectivity index (χ4n) is 0.719. The van der Waals surface area contributed by atoms with Gasteiger partial charge < -0.3 is 0 Å². The van der Waals surface area contributed by atoms with Gasteiger partial charge in [-0.3, -0.25) is 4.84 Å². The largest absolute Gasteiger partial charge is 0.296 e. The minimum atomic E-state index is 0.342. The van der Waals surface area contributed by atoms with Gasteiger partial charge in [-0.2, -0.15) is 5.06 Å². The minimum Gasteiger partial charge on any atom is -0.296 e. The van der Waals surface area contributed by atoms with Gasteiger partial charge in [0.05, 0.1) is 6.10 Å². The first-order valence-corrected chi connectivity index (χ1v) is 4.51. The summed E-state index contributed by atoms with van der Waals surface area (Å²) in [6.07, 6.45) is 2.54. The van der Waals surface area contributed by atoms with Crippen LogP contribution in [0.5, 0.6) is 0 Å². The van der Waals surface area contributed by atoms with E-state index >= 15 is 0 Å². The van der Waals surface area contributed by atoms with E-state index in [2.05, 4.69) is 27.7 Å². The molecule has 2 heteroatoms. The van der Waals surface area contributed by atoms with E-state index in [0.29, 0.717) is 12.1 Å². The molecule has 0 N–H and O–H groups in total. The van der Waals surface area contributed by atoms with Crippen LogP contribution in [-0.2, 0) is 4.84 Å². The van der Waals surface area contributed by atoms with Crippen molar-refractivity contribution < 1.29 is 4.84 Å². The Morgan fingerprint density at radius 3 is 2.09 bits per heavy atom. The van der Waals surface area contributed by atoms with Crippen molar-refractivity contribution in [3.8, 4) is 0 Å². The molecule has 0 aliphatic carbocycles. The molecule has 2 nitrogen and oxygen atoms in total. The molecule has 68 valence electrons. The van der Waals surface area contributed by atoms with Gasteiger partial charge in [0, 0.05) is 13.1 Å². The van der Waals surface area contributed by atoms with Crippen molar-refractivity contribution in [3.63, 3.8) is 0 Å². The first-order chi connectivity index (χ1) is 5.11.